The van der Waals surface area contributed by atoms with E-state index in [1.54, 1.807) is 35.6 Å². The van der Waals surface area contributed by atoms with E-state index in [4.69, 9.17) is 4.74 Å². The number of hydrogen-bond donors (Lipinski definition) is 1. The predicted molar refractivity (Wildman–Crippen MR) is 88.3 cm³/mol. The molecule has 5 heteroatoms. The summed E-state index contributed by atoms with van der Waals surface area (Å²) in [4.78, 5) is 23.6. The molecule has 22 heavy (non-hydrogen) atoms. The molecular weight excluding hydrogens is 298 g/mol. The number of thiophene rings is 1. The van der Waals surface area contributed by atoms with E-state index in [9.17, 15) is 9.59 Å². The lowest BCUT2D eigenvalue weighted by molar-refractivity contribution is -0.115. The maximum Gasteiger partial charge on any atom is 0.338 e. The molecule has 0 radical (unpaired) electrons. The molecule has 1 aromatic carbocycles. The van der Waals surface area contributed by atoms with Gasteiger partial charge in [0, 0.05) is 5.69 Å². The van der Waals surface area contributed by atoms with Crippen LogP contribution in [0.3, 0.4) is 0 Å². The van der Waals surface area contributed by atoms with Crippen LogP contribution in [0, 0.1) is 0 Å². The Morgan fingerprint density at radius 2 is 1.95 bits per heavy atom. The molecule has 0 aliphatic rings. The van der Waals surface area contributed by atoms with E-state index in [0.717, 1.165) is 18.4 Å². The van der Waals surface area contributed by atoms with Crippen molar-refractivity contribution in [2.75, 3.05) is 11.9 Å². The normalized spacial score (nSPS) is 10.2. The maximum atomic E-state index is 11.9. The second kappa shape index (κ2) is 8.34. The van der Waals surface area contributed by atoms with Gasteiger partial charge in [0.05, 0.1) is 18.6 Å². The van der Waals surface area contributed by atoms with Gasteiger partial charge >= 0.3 is 5.97 Å². The minimum atomic E-state index is -0.329. The molecule has 0 spiro atoms. The van der Waals surface area contributed by atoms with Crippen molar-refractivity contribution in [2.24, 2.45) is 0 Å². The quantitative estimate of drug-likeness (QED) is 0.622. The van der Waals surface area contributed by atoms with Crippen LogP contribution >= 0.6 is 11.3 Å². The van der Waals surface area contributed by atoms with Crippen LogP contribution in [0.2, 0.25) is 0 Å². The van der Waals surface area contributed by atoms with Gasteiger partial charge in [-0.2, -0.15) is 11.3 Å². The monoisotopic (exact) mass is 317 g/mol. The number of carbonyl (C=O) groups excluding carboxylic acids is 2. The van der Waals surface area contributed by atoms with Gasteiger partial charge in [-0.3, -0.25) is 4.79 Å². The third-order valence-electron chi connectivity index (χ3n) is 3.08. The Balaban J connectivity index is 1.86. The highest BCUT2D eigenvalue weighted by Crippen LogP contribution is 2.12. The molecule has 1 aromatic heterocycles. The van der Waals surface area contributed by atoms with E-state index in [0.29, 0.717) is 24.3 Å². The number of carbonyl (C=O) groups is 2. The fraction of sp³-hybridized carbons (Fsp3) is 0.294. The highest BCUT2D eigenvalue weighted by atomic mass is 32.1. The third-order valence-corrected chi connectivity index (χ3v) is 3.81. The zero-order chi connectivity index (χ0) is 15.8. The standard InChI is InChI=1S/C17H19NO3S/c1-2-3-9-21-17(20)14-4-6-15(7-5-14)18-16(19)11-13-8-10-22-12-13/h4-8,10,12H,2-3,9,11H2,1H3,(H,18,19). The maximum absolute atomic E-state index is 11.9. The summed E-state index contributed by atoms with van der Waals surface area (Å²) in [5.74, 6) is -0.402. The Hall–Kier alpha value is -2.14. The summed E-state index contributed by atoms with van der Waals surface area (Å²) in [6.07, 6.45) is 2.20. The Labute approximate surface area is 134 Å². The molecular formula is C17H19NO3S. The molecule has 1 amide bonds. The molecule has 0 atom stereocenters. The Morgan fingerprint density at radius 3 is 2.59 bits per heavy atom. The van der Waals surface area contributed by atoms with Gasteiger partial charge in [-0.15, -0.1) is 0 Å². The van der Waals surface area contributed by atoms with Crippen LogP contribution in [0.25, 0.3) is 0 Å². The van der Waals surface area contributed by atoms with Crippen molar-refractivity contribution < 1.29 is 14.3 Å². The zero-order valence-electron chi connectivity index (χ0n) is 12.5. The van der Waals surface area contributed by atoms with Gasteiger partial charge in [0.15, 0.2) is 0 Å². The van der Waals surface area contributed by atoms with Gasteiger partial charge in [-0.1, -0.05) is 13.3 Å². The number of unbranched alkanes of at least 4 members (excludes halogenated alkanes) is 1. The van der Waals surface area contributed by atoms with Crippen LogP contribution in [0.1, 0.15) is 35.7 Å². The largest absolute Gasteiger partial charge is 0.462 e. The van der Waals surface area contributed by atoms with E-state index < -0.39 is 0 Å². The van der Waals surface area contributed by atoms with E-state index in [2.05, 4.69) is 5.32 Å². The van der Waals surface area contributed by atoms with Gasteiger partial charge in [0.2, 0.25) is 5.91 Å². The van der Waals surface area contributed by atoms with Gasteiger partial charge < -0.3 is 10.1 Å². The second-order valence-electron chi connectivity index (χ2n) is 4.92. The van der Waals surface area contributed by atoms with Gasteiger partial charge in [0.1, 0.15) is 0 Å². The number of benzene rings is 1. The number of amides is 1. The van der Waals surface area contributed by atoms with Gasteiger partial charge in [-0.05, 0) is 53.1 Å². The van der Waals surface area contributed by atoms with Crippen molar-refractivity contribution >= 4 is 28.9 Å². The minimum absolute atomic E-state index is 0.0725. The number of nitrogens with one attached hydrogen (secondary N) is 1. The number of rotatable bonds is 7. The van der Waals surface area contributed by atoms with E-state index in [1.165, 1.54) is 0 Å². The molecule has 0 fully saturated rings. The smallest absolute Gasteiger partial charge is 0.338 e. The SMILES string of the molecule is CCCCOC(=O)c1ccc(NC(=O)Cc2ccsc2)cc1. The first-order chi connectivity index (χ1) is 10.7. The molecule has 2 rings (SSSR count). The first kappa shape index (κ1) is 16.2. The molecule has 1 heterocycles. The summed E-state index contributed by atoms with van der Waals surface area (Å²) >= 11 is 1.57. The molecule has 0 aliphatic carbocycles. The topological polar surface area (TPSA) is 55.4 Å². The van der Waals surface area contributed by atoms with Crippen LogP contribution in [0.5, 0.6) is 0 Å². The number of anilines is 1. The van der Waals surface area contributed by atoms with Crippen molar-refractivity contribution in [2.45, 2.75) is 26.2 Å². The molecule has 0 saturated carbocycles. The molecule has 1 N–H and O–H groups in total. The van der Waals surface area contributed by atoms with Gasteiger partial charge in [0.25, 0.3) is 0 Å². The first-order valence-corrected chi connectivity index (χ1v) is 8.21. The summed E-state index contributed by atoms with van der Waals surface area (Å²) in [7, 11) is 0. The fourth-order valence-corrected chi connectivity index (χ4v) is 2.53. The number of esters is 1. The van der Waals surface area contributed by atoms with Gasteiger partial charge in [-0.25, -0.2) is 4.79 Å². The Bertz CT molecular complexity index is 605. The number of ether oxygens (including phenoxy) is 1. The van der Waals surface area contributed by atoms with Crippen molar-refractivity contribution in [1.82, 2.24) is 0 Å². The molecule has 4 nitrogen and oxygen atoms in total. The molecule has 0 unspecified atom stereocenters. The summed E-state index contributed by atoms with van der Waals surface area (Å²) in [5.41, 5.74) is 2.16. The van der Waals surface area contributed by atoms with Crippen molar-refractivity contribution in [3.8, 4) is 0 Å². The predicted octanol–water partition coefficient (Wildman–Crippen LogP) is 3.89. The van der Waals surface area contributed by atoms with Crippen LogP contribution < -0.4 is 5.32 Å². The third kappa shape index (κ3) is 5.00. The molecule has 116 valence electrons. The fourth-order valence-electron chi connectivity index (χ4n) is 1.87. The number of hydrogen-bond acceptors (Lipinski definition) is 4. The van der Waals surface area contributed by atoms with Crippen LogP contribution in [-0.2, 0) is 16.0 Å². The second-order valence-corrected chi connectivity index (χ2v) is 5.70. The molecule has 0 aliphatic heterocycles. The van der Waals surface area contributed by atoms with E-state index >= 15 is 0 Å². The lowest BCUT2D eigenvalue weighted by Gasteiger charge is -2.06. The lowest BCUT2D eigenvalue weighted by Crippen LogP contribution is -2.14. The lowest BCUT2D eigenvalue weighted by atomic mass is 10.2. The van der Waals surface area contributed by atoms with Crippen LogP contribution in [0.15, 0.2) is 41.1 Å². The van der Waals surface area contributed by atoms with E-state index in [-0.39, 0.29) is 11.9 Å². The van der Waals surface area contributed by atoms with Crippen LogP contribution in [0.4, 0.5) is 5.69 Å². The van der Waals surface area contributed by atoms with Crippen molar-refractivity contribution in [3.63, 3.8) is 0 Å². The molecule has 0 bridgehead atoms. The summed E-state index contributed by atoms with van der Waals surface area (Å²) in [6.45, 7) is 2.48. The van der Waals surface area contributed by atoms with E-state index in [1.807, 2.05) is 23.8 Å². The molecule has 2 aromatic rings. The highest BCUT2D eigenvalue weighted by molar-refractivity contribution is 7.08. The summed E-state index contributed by atoms with van der Waals surface area (Å²) in [5, 5.41) is 6.71. The van der Waals surface area contributed by atoms with Crippen LogP contribution in [-0.4, -0.2) is 18.5 Å². The summed E-state index contributed by atoms with van der Waals surface area (Å²) in [6, 6.07) is 8.67. The highest BCUT2D eigenvalue weighted by Gasteiger charge is 2.08. The summed E-state index contributed by atoms with van der Waals surface area (Å²) < 4.78 is 5.13. The van der Waals surface area contributed by atoms with Crippen molar-refractivity contribution in [1.29, 1.82) is 0 Å². The zero-order valence-corrected chi connectivity index (χ0v) is 13.3. The average molecular weight is 317 g/mol. The Morgan fingerprint density at radius 1 is 1.18 bits per heavy atom. The molecule has 0 saturated heterocycles. The Kier molecular flexibility index (Phi) is 6.15. The average Bonchev–Trinajstić information content (AvgIpc) is 3.01. The minimum Gasteiger partial charge on any atom is -0.462 e. The first-order valence-electron chi connectivity index (χ1n) is 7.27. The van der Waals surface area contributed by atoms with Crippen molar-refractivity contribution in [3.05, 3.63) is 52.2 Å².